The number of carbonyl (C=O) groups is 5. The Labute approximate surface area is 386 Å². The lowest BCUT2D eigenvalue weighted by Gasteiger charge is -2.32. The topological polar surface area (TPSA) is 270 Å². The fraction of sp³-hybridized carbons (Fsp3) is 0.408. The Morgan fingerprint density at radius 1 is 0.909 bits per heavy atom. The van der Waals surface area contributed by atoms with Gasteiger partial charge in [0, 0.05) is 43.2 Å². The van der Waals surface area contributed by atoms with Gasteiger partial charge in [-0.25, -0.2) is 0 Å². The third kappa shape index (κ3) is 12.5. The molecule has 17 nitrogen and oxygen atoms in total. The van der Waals surface area contributed by atoms with E-state index in [1.54, 1.807) is 43.3 Å². The van der Waals surface area contributed by atoms with Crippen molar-refractivity contribution < 1.29 is 33.4 Å². The van der Waals surface area contributed by atoms with Crippen molar-refractivity contribution in [3.63, 3.8) is 0 Å². The van der Waals surface area contributed by atoms with Gasteiger partial charge in [0.25, 0.3) is 5.91 Å². The molecule has 17 heteroatoms. The zero-order chi connectivity index (χ0) is 47.9. The molecule has 0 saturated carbocycles. The number of nitrogens with two attached hydrogens (primary N) is 3. The number of rotatable bonds is 18. The summed E-state index contributed by atoms with van der Waals surface area (Å²) in [6.45, 7) is 7.57. The molecule has 350 valence electrons. The number of hydrogen-bond donors (Lipinski definition) is 7. The number of fused-ring (bicyclic) bond motifs is 5. The Morgan fingerprint density at radius 2 is 1.58 bits per heavy atom. The van der Waals surface area contributed by atoms with Crippen LogP contribution in [-0.4, -0.2) is 104 Å². The van der Waals surface area contributed by atoms with Crippen LogP contribution in [0.1, 0.15) is 77.5 Å². The van der Waals surface area contributed by atoms with Crippen LogP contribution in [0.5, 0.6) is 11.5 Å². The van der Waals surface area contributed by atoms with Gasteiger partial charge in [0.1, 0.15) is 55.4 Å². The fourth-order valence-corrected chi connectivity index (χ4v) is 7.91. The predicted molar refractivity (Wildman–Crippen MR) is 251 cm³/mol. The van der Waals surface area contributed by atoms with Gasteiger partial charge < -0.3 is 52.8 Å². The summed E-state index contributed by atoms with van der Waals surface area (Å²) < 4.78 is 12.2. The summed E-state index contributed by atoms with van der Waals surface area (Å²) in [4.78, 5) is 76.6. The summed E-state index contributed by atoms with van der Waals surface area (Å²) in [6, 6.07) is 17.2. The molecule has 1 aliphatic heterocycles. The van der Waals surface area contributed by atoms with E-state index in [0.717, 1.165) is 24.8 Å². The fourth-order valence-electron chi connectivity index (χ4n) is 7.91. The van der Waals surface area contributed by atoms with Crippen LogP contribution in [0, 0.1) is 25.2 Å². The first-order chi connectivity index (χ1) is 31.7. The second kappa shape index (κ2) is 23.9. The number of likely N-dealkylation sites (N-methyl/N-ethyl adjacent to an activating group) is 1. The highest BCUT2D eigenvalue weighted by Crippen LogP contribution is 2.40. The highest BCUT2D eigenvalue weighted by Gasteiger charge is 2.36. The molecule has 4 aromatic rings. The third-order valence-electron chi connectivity index (χ3n) is 11.3. The lowest BCUT2D eigenvalue weighted by molar-refractivity contribution is -0.141. The number of amides is 5. The molecule has 4 atom stereocenters. The Bertz CT molecular complexity index is 2400. The van der Waals surface area contributed by atoms with E-state index < -0.39 is 53.7 Å². The third-order valence-corrected chi connectivity index (χ3v) is 11.3. The number of nitrogens with zero attached hydrogens (tertiary/aromatic N) is 3. The first-order valence-electron chi connectivity index (χ1n) is 22.3. The van der Waals surface area contributed by atoms with Gasteiger partial charge in [-0.3, -0.25) is 29.0 Å². The highest BCUT2D eigenvalue weighted by atomic mass is 16.5. The molecule has 1 aliphatic rings. The molecule has 1 unspecified atom stereocenters. The van der Waals surface area contributed by atoms with Crippen LogP contribution in [0.2, 0.25) is 0 Å². The number of unbranched alkanes of at least 4 members (excludes halogenated alkanes) is 1. The monoisotopic (exact) mass is 902 g/mol. The Balaban J connectivity index is 1.56. The van der Waals surface area contributed by atoms with Gasteiger partial charge in [0.05, 0.1) is 23.0 Å². The maximum atomic E-state index is 14.7. The molecule has 1 aromatic heterocycles. The molecule has 2 heterocycles. The first-order valence-corrected chi connectivity index (χ1v) is 22.3. The van der Waals surface area contributed by atoms with Crippen LogP contribution in [-0.2, 0) is 32.0 Å². The quantitative estimate of drug-likeness (QED) is 0.0711. The van der Waals surface area contributed by atoms with E-state index in [0.29, 0.717) is 56.3 Å². The van der Waals surface area contributed by atoms with Gasteiger partial charge in [-0.1, -0.05) is 49.7 Å². The van der Waals surface area contributed by atoms with Crippen LogP contribution in [0.4, 0.5) is 0 Å². The number of nitriles is 1. The second-order valence-corrected chi connectivity index (χ2v) is 16.3. The number of benzene rings is 3. The molecule has 0 spiro atoms. The molecule has 4 bridgehead atoms. The van der Waals surface area contributed by atoms with Crippen LogP contribution in [0.15, 0.2) is 66.7 Å². The zero-order valence-electron chi connectivity index (χ0n) is 38.4. The molecule has 0 saturated heterocycles. The van der Waals surface area contributed by atoms with Crippen molar-refractivity contribution in [3.8, 4) is 40.0 Å². The molecule has 0 radical (unpaired) electrons. The molecule has 5 rings (SSSR count). The smallest absolute Gasteiger partial charge is 0.254 e. The van der Waals surface area contributed by atoms with Gasteiger partial charge >= 0.3 is 0 Å². The summed E-state index contributed by atoms with van der Waals surface area (Å²) in [5, 5.41) is 20.0. The predicted octanol–water partition coefficient (Wildman–Crippen LogP) is 2.88. The Hall–Kier alpha value is -6.87. The Kier molecular flexibility index (Phi) is 18.1. The number of aromatic nitrogens is 1. The lowest BCUT2D eigenvalue weighted by Crippen LogP contribution is -2.56. The molecule has 0 aliphatic carbocycles. The van der Waals surface area contributed by atoms with Crippen molar-refractivity contribution >= 4 is 29.5 Å². The van der Waals surface area contributed by atoms with E-state index in [-0.39, 0.29) is 52.2 Å². The van der Waals surface area contributed by atoms with Crippen molar-refractivity contribution in [3.05, 3.63) is 100 Å². The average molecular weight is 903 g/mol. The van der Waals surface area contributed by atoms with Gasteiger partial charge in [-0.2, -0.15) is 5.26 Å². The number of ether oxygens (including phenoxy) is 2. The maximum absolute atomic E-state index is 14.7. The van der Waals surface area contributed by atoms with E-state index in [9.17, 15) is 29.2 Å². The molecule has 5 amide bonds. The van der Waals surface area contributed by atoms with Gasteiger partial charge in [0.2, 0.25) is 23.6 Å². The number of aryl methyl sites for hydroxylation is 3. The van der Waals surface area contributed by atoms with E-state index in [1.165, 1.54) is 24.4 Å². The van der Waals surface area contributed by atoms with Crippen molar-refractivity contribution in [1.82, 2.24) is 31.2 Å². The molecule has 0 fully saturated rings. The minimum atomic E-state index is -1.39. The summed E-state index contributed by atoms with van der Waals surface area (Å²) in [5.41, 5.74) is 23.9. The van der Waals surface area contributed by atoms with Gasteiger partial charge in [-0.05, 0) is 99.2 Å². The number of hydrogen-bond acceptors (Lipinski definition) is 12. The van der Waals surface area contributed by atoms with Crippen LogP contribution in [0.25, 0.3) is 22.4 Å². The Morgan fingerprint density at radius 3 is 2.20 bits per heavy atom. The maximum Gasteiger partial charge on any atom is 0.254 e. The molecular weight excluding hydrogens is 841 g/mol. The van der Waals surface area contributed by atoms with Crippen LogP contribution >= 0.6 is 0 Å². The standard InChI is InChI=1S/C49H62N10O7/c1-6-7-8-32-9-12-34(13-10-32)39-25-29(2)43(30(3)55-39)47(62)57-38(17-18-50)49(64)59(5)44-35-14-16-42(66-24-21-53)37(28-35)36-26-33(11-15-41(36)65-23-20-52)27-40(46(61)54-22-19-51)58-45(60)31(4)56-48(44)63/h9-16,25-26,28,31,38,40,44H,6-8,17-18,20-24,27,50,52-53H2,1-5H3,(H,54,61)(H,56,63)(H,57,62)(H,58,60)/t31-,38?,40-,44-/m0/s1. The van der Waals surface area contributed by atoms with E-state index in [1.807, 2.05) is 31.2 Å². The van der Waals surface area contributed by atoms with Crippen LogP contribution < -0.4 is 47.9 Å². The SMILES string of the molecule is CCCCc1ccc(-c2cc(C)c(C(=O)NC(CCN)C(=O)N(C)[C@@H]3C(=O)N[C@@H](C)C(=O)N[C@H](C(=O)NCC#N)Cc4ccc(OCCN)c(c4)-c4cc3ccc4OCCN)c(C)n2)cc1. The van der Waals surface area contributed by atoms with Crippen molar-refractivity contribution in [2.24, 2.45) is 17.2 Å². The summed E-state index contributed by atoms with van der Waals surface area (Å²) >= 11 is 0. The van der Waals surface area contributed by atoms with Gasteiger partial charge in [-0.15, -0.1) is 0 Å². The van der Waals surface area contributed by atoms with E-state index in [2.05, 4.69) is 40.3 Å². The average Bonchev–Trinajstić information content (AvgIpc) is 3.30. The molecule has 66 heavy (non-hydrogen) atoms. The van der Waals surface area contributed by atoms with Crippen molar-refractivity contribution in [2.45, 2.75) is 84.0 Å². The number of nitrogens with one attached hydrogen (secondary N) is 4. The zero-order valence-corrected chi connectivity index (χ0v) is 38.4. The van der Waals surface area contributed by atoms with Crippen molar-refractivity contribution in [1.29, 1.82) is 5.26 Å². The first kappa shape index (κ1) is 50.1. The van der Waals surface area contributed by atoms with Gasteiger partial charge in [0.15, 0.2) is 0 Å². The summed E-state index contributed by atoms with van der Waals surface area (Å²) in [7, 11) is 1.43. The minimum absolute atomic E-state index is 0.00682. The molecule has 3 aromatic carbocycles. The number of pyridine rings is 1. The minimum Gasteiger partial charge on any atom is -0.492 e. The normalized spacial score (nSPS) is 16.4. The second-order valence-electron chi connectivity index (χ2n) is 16.3. The highest BCUT2D eigenvalue weighted by molar-refractivity contribution is 6.01. The molecule has 10 N–H and O–H groups in total. The lowest BCUT2D eigenvalue weighted by atomic mass is 9.93. The molecular formula is C49H62N10O7. The van der Waals surface area contributed by atoms with E-state index >= 15 is 0 Å². The number of carbonyl (C=O) groups excluding carboxylic acids is 5. The van der Waals surface area contributed by atoms with E-state index in [4.69, 9.17) is 31.7 Å². The summed E-state index contributed by atoms with van der Waals surface area (Å²) in [6.07, 6.45) is 3.23. The largest absolute Gasteiger partial charge is 0.492 e. The van der Waals surface area contributed by atoms with Crippen LogP contribution in [0.3, 0.4) is 0 Å². The summed E-state index contributed by atoms with van der Waals surface area (Å²) in [5.74, 6) is -2.44. The van der Waals surface area contributed by atoms with Crippen molar-refractivity contribution in [2.75, 3.05) is 46.4 Å².